The molecule has 2 aromatic carbocycles. The average molecular weight is 215 g/mol. The zero-order valence-electron chi connectivity index (χ0n) is 8.28. The van der Waals surface area contributed by atoms with Crippen molar-refractivity contribution in [1.82, 2.24) is 0 Å². The SMILES string of the molecule is C=C(Cl)c1ccc(-c2ccccc2)cc1. The van der Waals surface area contributed by atoms with Gasteiger partial charge in [0.1, 0.15) is 0 Å². The van der Waals surface area contributed by atoms with Crippen LogP contribution in [0.2, 0.25) is 0 Å². The van der Waals surface area contributed by atoms with Crippen LogP contribution in [0.4, 0.5) is 0 Å². The van der Waals surface area contributed by atoms with Crippen LogP contribution in [0.1, 0.15) is 5.56 Å². The van der Waals surface area contributed by atoms with Gasteiger partial charge in [-0.3, -0.25) is 0 Å². The summed E-state index contributed by atoms with van der Waals surface area (Å²) in [5.41, 5.74) is 3.37. The van der Waals surface area contributed by atoms with Gasteiger partial charge in [-0.05, 0) is 16.7 Å². The summed E-state index contributed by atoms with van der Waals surface area (Å²) in [6.07, 6.45) is 0. The number of benzene rings is 2. The predicted octanol–water partition coefficient (Wildman–Crippen LogP) is 4.56. The van der Waals surface area contributed by atoms with E-state index < -0.39 is 0 Å². The van der Waals surface area contributed by atoms with Gasteiger partial charge in [0.15, 0.2) is 0 Å². The van der Waals surface area contributed by atoms with Crippen LogP contribution in [0.5, 0.6) is 0 Å². The van der Waals surface area contributed by atoms with E-state index in [-0.39, 0.29) is 0 Å². The molecule has 0 saturated heterocycles. The fourth-order valence-corrected chi connectivity index (χ4v) is 1.60. The van der Waals surface area contributed by atoms with Gasteiger partial charge in [0.05, 0.1) is 0 Å². The molecule has 0 unspecified atom stereocenters. The van der Waals surface area contributed by atoms with E-state index in [0.717, 1.165) is 5.56 Å². The second-order valence-corrected chi connectivity index (χ2v) is 3.80. The lowest BCUT2D eigenvalue weighted by Crippen LogP contribution is -1.79. The Bertz CT molecular complexity index is 454. The molecule has 0 aliphatic heterocycles. The molecule has 15 heavy (non-hydrogen) atoms. The summed E-state index contributed by atoms with van der Waals surface area (Å²) in [5.74, 6) is 0. The van der Waals surface area contributed by atoms with E-state index in [1.54, 1.807) is 0 Å². The minimum absolute atomic E-state index is 0.578. The third-order valence-corrected chi connectivity index (χ3v) is 2.52. The first kappa shape index (κ1) is 10.0. The Hall–Kier alpha value is -1.53. The first-order valence-electron chi connectivity index (χ1n) is 4.77. The molecule has 0 heterocycles. The van der Waals surface area contributed by atoms with E-state index in [2.05, 4.69) is 30.8 Å². The monoisotopic (exact) mass is 214 g/mol. The second-order valence-electron chi connectivity index (χ2n) is 3.35. The molecule has 0 spiro atoms. The molecule has 0 atom stereocenters. The van der Waals surface area contributed by atoms with E-state index in [4.69, 9.17) is 11.6 Å². The van der Waals surface area contributed by atoms with E-state index in [0.29, 0.717) is 5.03 Å². The number of hydrogen-bond donors (Lipinski definition) is 0. The molecular weight excluding hydrogens is 204 g/mol. The molecule has 2 rings (SSSR count). The minimum atomic E-state index is 0.578. The van der Waals surface area contributed by atoms with Gasteiger partial charge in [-0.1, -0.05) is 72.8 Å². The zero-order chi connectivity index (χ0) is 10.7. The summed E-state index contributed by atoms with van der Waals surface area (Å²) >= 11 is 5.81. The number of hydrogen-bond acceptors (Lipinski definition) is 0. The van der Waals surface area contributed by atoms with Crippen molar-refractivity contribution in [2.75, 3.05) is 0 Å². The summed E-state index contributed by atoms with van der Waals surface area (Å²) < 4.78 is 0. The van der Waals surface area contributed by atoms with Crippen LogP contribution in [0, 0.1) is 0 Å². The van der Waals surface area contributed by atoms with Crippen molar-refractivity contribution < 1.29 is 0 Å². The number of halogens is 1. The minimum Gasteiger partial charge on any atom is -0.0843 e. The molecule has 1 heteroatoms. The van der Waals surface area contributed by atoms with Crippen molar-refractivity contribution in [3.05, 3.63) is 66.7 Å². The van der Waals surface area contributed by atoms with Crippen molar-refractivity contribution in [1.29, 1.82) is 0 Å². The van der Waals surface area contributed by atoms with Gasteiger partial charge in [-0.2, -0.15) is 0 Å². The van der Waals surface area contributed by atoms with Gasteiger partial charge in [-0.25, -0.2) is 0 Å². The third-order valence-electron chi connectivity index (χ3n) is 2.31. The third kappa shape index (κ3) is 2.28. The van der Waals surface area contributed by atoms with Gasteiger partial charge < -0.3 is 0 Å². The van der Waals surface area contributed by atoms with Gasteiger partial charge >= 0.3 is 0 Å². The molecule has 0 saturated carbocycles. The lowest BCUT2D eigenvalue weighted by Gasteiger charge is -2.02. The largest absolute Gasteiger partial charge is 0.0843 e. The van der Waals surface area contributed by atoms with Crippen LogP contribution in [0.3, 0.4) is 0 Å². The van der Waals surface area contributed by atoms with Gasteiger partial charge in [0.2, 0.25) is 0 Å². The van der Waals surface area contributed by atoms with Gasteiger partial charge in [-0.15, -0.1) is 0 Å². The highest BCUT2D eigenvalue weighted by Crippen LogP contribution is 2.22. The van der Waals surface area contributed by atoms with Crippen molar-refractivity contribution in [3.63, 3.8) is 0 Å². The van der Waals surface area contributed by atoms with Crippen LogP contribution in [-0.2, 0) is 0 Å². The van der Waals surface area contributed by atoms with Crippen LogP contribution >= 0.6 is 11.6 Å². The Morgan fingerprint density at radius 1 is 0.800 bits per heavy atom. The van der Waals surface area contributed by atoms with Crippen molar-refractivity contribution in [2.24, 2.45) is 0 Å². The smallest absolute Gasteiger partial charge is 0.0406 e. The van der Waals surface area contributed by atoms with E-state index in [1.807, 2.05) is 30.3 Å². The average Bonchev–Trinajstić information content (AvgIpc) is 2.30. The van der Waals surface area contributed by atoms with E-state index >= 15 is 0 Å². The maximum absolute atomic E-state index is 5.81. The maximum atomic E-state index is 5.81. The van der Waals surface area contributed by atoms with Crippen molar-refractivity contribution in [3.8, 4) is 11.1 Å². The molecule has 0 aliphatic carbocycles. The summed E-state index contributed by atoms with van der Waals surface area (Å²) in [6, 6.07) is 18.3. The lowest BCUT2D eigenvalue weighted by atomic mass is 10.0. The molecular formula is C14H11Cl. The summed E-state index contributed by atoms with van der Waals surface area (Å²) in [5, 5.41) is 0.578. The standard InChI is InChI=1S/C14H11Cl/c1-11(15)12-7-9-14(10-8-12)13-5-3-2-4-6-13/h2-10H,1H2. The molecule has 2 aromatic rings. The Morgan fingerprint density at radius 2 is 1.33 bits per heavy atom. The van der Waals surface area contributed by atoms with Crippen molar-refractivity contribution in [2.45, 2.75) is 0 Å². The van der Waals surface area contributed by atoms with Crippen molar-refractivity contribution >= 4 is 16.6 Å². The highest BCUT2D eigenvalue weighted by Gasteiger charge is 1.97. The molecule has 0 radical (unpaired) electrons. The molecule has 0 N–H and O–H groups in total. The molecule has 0 bridgehead atoms. The predicted molar refractivity (Wildman–Crippen MR) is 66.8 cm³/mol. The maximum Gasteiger partial charge on any atom is 0.0406 e. The highest BCUT2D eigenvalue weighted by molar-refractivity contribution is 6.48. The Labute approximate surface area is 94.8 Å². The molecule has 0 nitrogen and oxygen atoms in total. The van der Waals surface area contributed by atoms with E-state index in [9.17, 15) is 0 Å². The normalized spacial score (nSPS) is 9.93. The first-order valence-corrected chi connectivity index (χ1v) is 5.15. The molecule has 74 valence electrons. The molecule has 0 amide bonds. The Kier molecular flexibility index (Phi) is 2.89. The summed E-state index contributed by atoms with van der Waals surface area (Å²) in [7, 11) is 0. The topological polar surface area (TPSA) is 0 Å². The Balaban J connectivity index is 2.36. The molecule has 0 aliphatic rings. The van der Waals surface area contributed by atoms with Gasteiger partial charge in [0, 0.05) is 5.03 Å². The van der Waals surface area contributed by atoms with Crippen LogP contribution in [0.25, 0.3) is 16.2 Å². The molecule has 0 aromatic heterocycles. The lowest BCUT2D eigenvalue weighted by molar-refractivity contribution is 1.60. The number of rotatable bonds is 2. The van der Waals surface area contributed by atoms with Crippen LogP contribution < -0.4 is 0 Å². The Morgan fingerprint density at radius 3 is 1.87 bits per heavy atom. The quantitative estimate of drug-likeness (QED) is 0.688. The summed E-state index contributed by atoms with van der Waals surface area (Å²) in [6.45, 7) is 3.69. The fraction of sp³-hybridized carbons (Fsp3) is 0. The van der Waals surface area contributed by atoms with Crippen LogP contribution in [0.15, 0.2) is 61.2 Å². The molecule has 0 fully saturated rings. The zero-order valence-corrected chi connectivity index (χ0v) is 9.04. The first-order chi connectivity index (χ1) is 7.27. The van der Waals surface area contributed by atoms with Crippen LogP contribution in [-0.4, -0.2) is 0 Å². The van der Waals surface area contributed by atoms with E-state index in [1.165, 1.54) is 11.1 Å². The van der Waals surface area contributed by atoms with Gasteiger partial charge in [0.25, 0.3) is 0 Å². The summed E-state index contributed by atoms with van der Waals surface area (Å²) in [4.78, 5) is 0. The highest BCUT2D eigenvalue weighted by atomic mass is 35.5. The fourth-order valence-electron chi connectivity index (χ4n) is 1.47. The second kappa shape index (κ2) is 4.33.